The number of rotatable bonds is 6. The summed E-state index contributed by atoms with van der Waals surface area (Å²) in [4.78, 5) is 30.2. The Hall–Kier alpha value is -4.93. The fourth-order valence-corrected chi connectivity index (χ4v) is 4.73. The van der Waals surface area contributed by atoms with E-state index in [2.05, 4.69) is 4.98 Å². The minimum absolute atomic E-state index is 0.0105. The molecule has 1 aromatic heterocycles. The highest BCUT2D eigenvalue weighted by atomic mass is 35.5. The van der Waals surface area contributed by atoms with Gasteiger partial charge < -0.3 is 19.7 Å². The van der Waals surface area contributed by atoms with E-state index in [1.54, 1.807) is 47.8 Å². The number of nitrogens with zero attached hydrogens (tertiary/aromatic N) is 5. The first-order valence-electron chi connectivity index (χ1n) is 13.0. The van der Waals surface area contributed by atoms with E-state index >= 15 is 0 Å². The van der Waals surface area contributed by atoms with E-state index in [4.69, 9.17) is 26.8 Å². The van der Waals surface area contributed by atoms with Crippen molar-refractivity contribution in [2.75, 3.05) is 24.5 Å². The number of anilines is 1. The van der Waals surface area contributed by atoms with Gasteiger partial charge in [-0.05, 0) is 35.9 Å². The van der Waals surface area contributed by atoms with Crippen LogP contribution in [0.3, 0.4) is 0 Å². The Kier molecular flexibility index (Phi) is 9.87. The molecule has 2 heterocycles. The third-order valence-electron chi connectivity index (χ3n) is 6.68. The zero-order valence-corrected chi connectivity index (χ0v) is 23.6. The maximum Gasteiger partial charge on any atom is 0.490 e. The lowest BCUT2D eigenvalue weighted by molar-refractivity contribution is -0.192. The third kappa shape index (κ3) is 7.71. The summed E-state index contributed by atoms with van der Waals surface area (Å²) in [5, 5.41) is 27.0. The number of hydrogen-bond donors (Lipinski definition) is 2. The van der Waals surface area contributed by atoms with Gasteiger partial charge in [-0.25, -0.2) is 14.2 Å². The lowest BCUT2D eigenvalue weighted by Crippen LogP contribution is -2.50. The highest BCUT2D eigenvalue weighted by Crippen LogP contribution is 2.38. The van der Waals surface area contributed by atoms with Gasteiger partial charge in [0.25, 0.3) is 0 Å². The van der Waals surface area contributed by atoms with Crippen molar-refractivity contribution in [1.82, 2.24) is 14.5 Å². The standard InChI is InChI=1S/C28H23ClFN5O2.C2HF3O2/c29-21-7-8-23(24-3-1-2-4-27(24)36)26(12-21)35-10-9-33(17-28(35)37)16-22-14-32-18-34(22)15-19-5-6-20(13-31)25(30)11-19;3-2(4,5)1(6)7/h1-8,11-12,14,18,36H,9-10,15-17H2;(H,6,7). The molecule has 44 heavy (non-hydrogen) atoms. The maximum absolute atomic E-state index is 14.0. The molecule has 4 aromatic rings. The molecule has 0 unspecified atom stereocenters. The number of aromatic hydroxyl groups is 1. The number of aliphatic carboxylic acids is 1. The molecule has 0 atom stereocenters. The smallest absolute Gasteiger partial charge is 0.490 e. The molecule has 1 fully saturated rings. The number of phenols is 1. The summed E-state index contributed by atoms with van der Waals surface area (Å²) < 4.78 is 47.7. The molecule has 0 bridgehead atoms. The second kappa shape index (κ2) is 13.6. The number of hydrogen-bond acceptors (Lipinski definition) is 6. The van der Waals surface area contributed by atoms with Crippen molar-refractivity contribution in [1.29, 1.82) is 5.26 Å². The molecule has 1 aliphatic heterocycles. The van der Waals surface area contributed by atoms with Crippen molar-refractivity contribution < 1.29 is 37.4 Å². The Morgan fingerprint density at radius 1 is 1.05 bits per heavy atom. The number of alkyl halides is 3. The third-order valence-corrected chi connectivity index (χ3v) is 6.91. The molecule has 9 nitrogen and oxygen atoms in total. The van der Waals surface area contributed by atoms with Crippen LogP contribution in [-0.4, -0.2) is 62.4 Å². The average Bonchev–Trinajstić information content (AvgIpc) is 3.39. The Balaban J connectivity index is 0.000000566. The first-order valence-corrected chi connectivity index (χ1v) is 13.3. The molecule has 1 amide bonds. The van der Waals surface area contributed by atoms with Crippen LogP contribution in [0.1, 0.15) is 16.8 Å². The molecule has 0 spiro atoms. The Morgan fingerprint density at radius 2 is 1.77 bits per heavy atom. The predicted octanol–water partition coefficient (Wildman–Crippen LogP) is 5.45. The number of phenolic OH excluding ortho intramolecular Hbond substituents is 1. The quantitative estimate of drug-likeness (QED) is 0.272. The Bertz CT molecular complexity index is 1720. The number of piperazine rings is 1. The highest BCUT2D eigenvalue weighted by molar-refractivity contribution is 6.31. The summed E-state index contributed by atoms with van der Waals surface area (Å²) in [6, 6.07) is 18.7. The summed E-state index contributed by atoms with van der Waals surface area (Å²) in [6.45, 7) is 2.17. The normalized spacial score (nSPS) is 13.6. The molecule has 1 aliphatic rings. The second-order valence-electron chi connectivity index (χ2n) is 9.68. The topological polar surface area (TPSA) is 123 Å². The Morgan fingerprint density at radius 3 is 2.41 bits per heavy atom. The van der Waals surface area contributed by atoms with Crippen LogP contribution in [0.15, 0.2) is 73.2 Å². The number of para-hydroxylation sites is 1. The van der Waals surface area contributed by atoms with Gasteiger partial charge in [0, 0.05) is 48.5 Å². The van der Waals surface area contributed by atoms with Gasteiger partial charge >= 0.3 is 12.1 Å². The molecule has 0 radical (unpaired) electrons. The van der Waals surface area contributed by atoms with E-state index in [1.807, 2.05) is 33.7 Å². The van der Waals surface area contributed by atoms with Crippen LogP contribution in [0.4, 0.5) is 23.2 Å². The summed E-state index contributed by atoms with van der Waals surface area (Å²) in [7, 11) is 0. The summed E-state index contributed by atoms with van der Waals surface area (Å²) in [5.41, 5.74) is 3.64. The number of carbonyl (C=O) groups excluding carboxylic acids is 1. The number of halogens is 5. The van der Waals surface area contributed by atoms with E-state index in [0.29, 0.717) is 48.0 Å². The van der Waals surface area contributed by atoms with Gasteiger partial charge in [-0.2, -0.15) is 18.4 Å². The highest BCUT2D eigenvalue weighted by Gasteiger charge is 2.38. The van der Waals surface area contributed by atoms with Gasteiger partial charge in [-0.15, -0.1) is 0 Å². The predicted molar refractivity (Wildman–Crippen MR) is 152 cm³/mol. The van der Waals surface area contributed by atoms with Gasteiger partial charge in [-0.1, -0.05) is 41.9 Å². The number of amides is 1. The van der Waals surface area contributed by atoms with E-state index in [9.17, 15) is 27.5 Å². The maximum atomic E-state index is 14.0. The van der Waals surface area contributed by atoms with Crippen molar-refractivity contribution in [2.24, 2.45) is 0 Å². The van der Waals surface area contributed by atoms with Gasteiger partial charge in [-0.3, -0.25) is 9.69 Å². The molecule has 0 saturated carbocycles. The number of carboxylic acid groups (broad SMARTS) is 1. The molecule has 5 rings (SSSR count). The first-order chi connectivity index (χ1) is 20.9. The number of benzene rings is 3. The van der Waals surface area contributed by atoms with Crippen LogP contribution >= 0.6 is 11.6 Å². The van der Waals surface area contributed by atoms with Crippen molar-refractivity contribution in [3.63, 3.8) is 0 Å². The van der Waals surface area contributed by atoms with Crippen LogP contribution in [0.5, 0.6) is 5.75 Å². The lowest BCUT2D eigenvalue weighted by atomic mass is 10.0. The van der Waals surface area contributed by atoms with Crippen LogP contribution in [0.25, 0.3) is 11.1 Å². The van der Waals surface area contributed by atoms with Gasteiger partial charge in [0.2, 0.25) is 5.91 Å². The van der Waals surface area contributed by atoms with Crippen LogP contribution < -0.4 is 4.90 Å². The van der Waals surface area contributed by atoms with Crippen molar-refractivity contribution in [3.05, 3.63) is 101 Å². The van der Waals surface area contributed by atoms with Crippen LogP contribution in [0.2, 0.25) is 5.02 Å². The number of aromatic nitrogens is 2. The molecule has 2 N–H and O–H groups in total. The van der Waals surface area contributed by atoms with Gasteiger partial charge in [0.05, 0.1) is 29.8 Å². The fourth-order valence-electron chi connectivity index (χ4n) is 4.56. The molecular formula is C30H24ClF4N5O4. The number of carboxylic acids is 1. The van der Waals surface area contributed by atoms with E-state index in [-0.39, 0.29) is 23.8 Å². The molecule has 228 valence electrons. The first kappa shape index (κ1) is 32.0. The molecule has 3 aromatic carbocycles. The minimum Gasteiger partial charge on any atom is -0.507 e. The molecule has 14 heteroatoms. The van der Waals surface area contributed by atoms with Crippen LogP contribution in [-0.2, 0) is 22.7 Å². The summed E-state index contributed by atoms with van der Waals surface area (Å²) >= 11 is 6.29. The zero-order valence-electron chi connectivity index (χ0n) is 22.8. The summed E-state index contributed by atoms with van der Waals surface area (Å²) in [5.74, 6) is -3.25. The van der Waals surface area contributed by atoms with Crippen LogP contribution in [0, 0.1) is 17.1 Å². The largest absolute Gasteiger partial charge is 0.507 e. The van der Waals surface area contributed by atoms with Crippen molar-refractivity contribution in [3.8, 4) is 22.9 Å². The molecule has 1 saturated heterocycles. The number of carbonyl (C=O) groups is 2. The van der Waals surface area contributed by atoms with E-state index in [0.717, 1.165) is 11.3 Å². The van der Waals surface area contributed by atoms with E-state index < -0.39 is 18.0 Å². The molecule has 0 aliphatic carbocycles. The second-order valence-corrected chi connectivity index (χ2v) is 10.1. The van der Waals surface area contributed by atoms with Crippen molar-refractivity contribution in [2.45, 2.75) is 19.3 Å². The minimum atomic E-state index is -5.08. The van der Waals surface area contributed by atoms with E-state index in [1.165, 1.54) is 12.1 Å². The summed E-state index contributed by atoms with van der Waals surface area (Å²) in [6.07, 6.45) is -1.67. The molecular weight excluding hydrogens is 606 g/mol. The van der Waals surface area contributed by atoms with Crippen molar-refractivity contribution >= 4 is 29.2 Å². The SMILES string of the molecule is N#Cc1ccc(Cn2cncc2CN2CCN(c3cc(Cl)ccc3-c3ccccc3O)C(=O)C2)cc1F.O=C(O)C(F)(F)F. The average molecular weight is 630 g/mol. The fraction of sp³-hybridized carbons (Fsp3) is 0.200. The Labute approximate surface area is 253 Å². The zero-order chi connectivity index (χ0) is 32.0. The number of imidazole rings is 1. The number of nitriles is 1. The monoisotopic (exact) mass is 629 g/mol. The van der Waals surface area contributed by atoms with Gasteiger partial charge in [0.1, 0.15) is 17.6 Å². The van der Waals surface area contributed by atoms with Gasteiger partial charge in [0.15, 0.2) is 0 Å². The lowest BCUT2D eigenvalue weighted by Gasteiger charge is -2.35.